The average Bonchev–Trinajstić information content (AvgIpc) is 2.94. The molecule has 0 aliphatic rings. The number of hydrogen-bond donors (Lipinski definition) is 3. The van der Waals surface area contributed by atoms with Gasteiger partial charge in [-0.15, -0.1) is 0 Å². The Kier molecular flexibility index (Phi) is 17.2. The zero-order chi connectivity index (χ0) is 30.1. The Hall–Kier alpha value is -1.78. The Labute approximate surface area is 303 Å². The van der Waals surface area contributed by atoms with Crippen molar-refractivity contribution in [2.45, 2.75) is 13.2 Å². The Morgan fingerprint density at radius 1 is 0.651 bits per heavy atom. The van der Waals surface area contributed by atoms with Gasteiger partial charge in [-0.2, -0.15) is 0 Å². The van der Waals surface area contributed by atoms with Gasteiger partial charge in [0, 0.05) is 17.9 Å². The summed E-state index contributed by atoms with van der Waals surface area (Å²) in [6.45, 7) is -0.668. The predicted octanol–water partition coefficient (Wildman–Crippen LogP) is 5.30. The molecule has 14 heteroatoms. The number of aromatic carboxylic acids is 1. The second-order valence-corrected chi connectivity index (χ2v) is 11.8. The van der Waals surface area contributed by atoms with Gasteiger partial charge in [-0.05, 0) is 83.9 Å². The number of methoxy groups -OCH3 is 1. The summed E-state index contributed by atoms with van der Waals surface area (Å²) in [5, 5.41) is 28.0. The number of carbonyl (C=O) groups is 2. The van der Waals surface area contributed by atoms with Crippen LogP contribution in [0, 0.1) is 0 Å². The van der Waals surface area contributed by atoms with Crippen LogP contribution in [0.5, 0.6) is 23.0 Å². The predicted molar refractivity (Wildman–Crippen MR) is 169 cm³/mol. The number of carbonyl (C=O) groups excluding carboxylic acids is 1. The molecule has 4 rings (SSSR count). The maximum Gasteiger partial charge on any atom is 1.00 e. The fraction of sp³-hybridized carbons (Fsp3) is 0.103. The minimum Gasteiger partial charge on any atom is -0.870 e. The van der Waals surface area contributed by atoms with Crippen molar-refractivity contribution in [1.82, 2.24) is 0 Å². The Morgan fingerprint density at radius 2 is 1.02 bits per heavy atom. The van der Waals surface area contributed by atoms with Crippen molar-refractivity contribution in [3.63, 3.8) is 0 Å². The first kappa shape index (κ1) is 39.2. The maximum atomic E-state index is 11.9. The molecule has 0 saturated heterocycles. The standard InChI is InChI=1S/C15H12Br2O4.C14H10Br2O4.Na.H2O/c1-20-15(19)14-9(8-18)6-11(17)7-13(14)21-12-4-2-10(16)3-5-12;15-9-1-3-11(4-2-9)20-12-6-10(16)5-8(7-17)13(12)14(18)19;;/h2-7,18H,8H2,1H3;1-6,17H,7H2,(H,18,19);;1H2/q;;+1;/p-1. The van der Waals surface area contributed by atoms with Gasteiger partial charge < -0.3 is 35.0 Å². The summed E-state index contributed by atoms with van der Waals surface area (Å²) in [4.78, 5) is 23.3. The smallest absolute Gasteiger partial charge is 0.870 e. The monoisotopic (exact) mass is 854 g/mol. The van der Waals surface area contributed by atoms with Crippen LogP contribution in [0.1, 0.15) is 31.8 Å². The summed E-state index contributed by atoms with van der Waals surface area (Å²) >= 11 is 13.3. The molecule has 0 amide bonds. The van der Waals surface area contributed by atoms with Crippen LogP contribution >= 0.6 is 63.7 Å². The number of hydrogen-bond acceptors (Lipinski definition) is 8. The van der Waals surface area contributed by atoms with Crippen LogP contribution in [0.15, 0.2) is 90.7 Å². The number of carboxylic acid groups (broad SMARTS) is 1. The number of carboxylic acids is 1. The molecule has 0 aliphatic carbocycles. The zero-order valence-electron chi connectivity index (χ0n) is 22.7. The zero-order valence-corrected chi connectivity index (χ0v) is 31.0. The number of halogens is 4. The van der Waals surface area contributed by atoms with Crippen molar-refractivity contribution >= 4 is 75.7 Å². The SMILES string of the molecule is COC(=O)c1c(CO)cc(Br)cc1Oc1ccc(Br)cc1.O=C(O)c1c(CO)cc(Br)cc1Oc1ccc(Br)cc1.[Na+].[OH-]. The second kappa shape index (κ2) is 18.9. The van der Waals surface area contributed by atoms with E-state index < -0.39 is 11.9 Å². The van der Waals surface area contributed by atoms with Gasteiger partial charge in [0.15, 0.2) is 0 Å². The summed E-state index contributed by atoms with van der Waals surface area (Å²) in [5.41, 5.74) is 0.895. The van der Waals surface area contributed by atoms with E-state index in [1.54, 1.807) is 60.7 Å². The van der Waals surface area contributed by atoms with Crippen LogP contribution in [0.4, 0.5) is 0 Å². The molecule has 0 radical (unpaired) electrons. The van der Waals surface area contributed by atoms with Crippen molar-refractivity contribution in [1.29, 1.82) is 0 Å². The molecule has 4 N–H and O–H groups in total. The Balaban J connectivity index is 0.000000411. The summed E-state index contributed by atoms with van der Waals surface area (Å²) in [6, 6.07) is 20.6. The van der Waals surface area contributed by atoms with E-state index >= 15 is 0 Å². The van der Waals surface area contributed by atoms with Gasteiger partial charge in [0.2, 0.25) is 0 Å². The molecule has 0 saturated carbocycles. The van der Waals surface area contributed by atoms with Crippen molar-refractivity contribution in [3.8, 4) is 23.0 Å². The van der Waals surface area contributed by atoms with Crippen LogP contribution in [0.25, 0.3) is 0 Å². The third-order valence-electron chi connectivity index (χ3n) is 5.32. The van der Waals surface area contributed by atoms with Crippen LogP contribution < -0.4 is 39.0 Å². The van der Waals surface area contributed by atoms with Crippen LogP contribution in [-0.2, 0) is 18.0 Å². The van der Waals surface area contributed by atoms with Crippen molar-refractivity contribution in [3.05, 3.63) is 113 Å². The minimum atomic E-state index is -1.14. The molecular formula is C29H23Br4NaO9. The van der Waals surface area contributed by atoms with Gasteiger partial charge >= 0.3 is 41.5 Å². The number of aliphatic hydroxyl groups excluding tert-OH is 2. The molecule has 0 atom stereocenters. The number of aliphatic hydroxyl groups is 2. The van der Waals surface area contributed by atoms with E-state index in [9.17, 15) is 24.9 Å². The van der Waals surface area contributed by atoms with Crippen LogP contribution in [0.2, 0.25) is 0 Å². The Morgan fingerprint density at radius 3 is 1.37 bits per heavy atom. The number of rotatable bonds is 8. The van der Waals surface area contributed by atoms with Crippen LogP contribution in [0.3, 0.4) is 0 Å². The second-order valence-electron chi connectivity index (χ2n) is 8.10. The van der Waals surface area contributed by atoms with Gasteiger partial charge in [-0.1, -0.05) is 63.7 Å². The van der Waals surface area contributed by atoms with Gasteiger partial charge in [0.1, 0.15) is 34.1 Å². The molecule has 0 bridgehead atoms. The van der Waals surface area contributed by atoms with E-state index in [1.165, 1.54) is 7.11 Å². The first-order valence-electron chi connectivity index (χ1n) is 11.6. The number of esters is 1. The largest absolute Gasteiger partial charge is 1.00 e. The van der Waals surface area contributed by atoms with Gasteiger partial charge in [0.25, 0.3) is 0 Å². The summed E-state index contributed by atoms with van der Waals surface area (Å²) in [5.74, 6) is -0.115. The third kappa shape index (κ3) is 11.3. The molecule has 0 aromatic heterocycles. The van der Waals surface area contributed by atoms with Crippen molar-refractivity contribution in [2.75, 3.05) is 7.11 Å². The molecule has 9 nitrogen and oxygen atoms in total. The molecule has 43 heavy (non-hydrogen) atoms. The molecule has 0 fully saturated rings. The van der Waals surface area contributed by atoms with Gasteiger partial charge in [-0.25, -0.2) is 9.59 Å². The molecule has 4 aromatic rings. The molecular weight excluding hydrogens is 835 g/mol. The van der Waals surface area contributed by atoms with E-state index in [-0.39, 0.29) is 65.1 Å². The van der Waals surface area contributed by atoms with E-state index in [1.807, 2.05) is 12.1 Å². The normalized spacial score (nSPS) is 9.84. The molecule has 222 valence electrons. The van der Waals surface area contributed by atoms with E-state index in [0.717, 1.165) is 8.95 Å². The third-order valence-corrected chi connectivity index (χ3v) is 7.30. The molecule has 0 heterocycles. The fourth-order valence-corrected chi connectivity index (χ4v) is 5.02. The summed E-state index contributed by atoms with van der Waals surface area (Å²) < 4.78 is 19.3. The summed E-state index contributed by atoms with van der Waals surface area (Å²) in [6.07, 6.45) is 0. The first-order chi connectivity index (χ1) is 19.6. The topological polar surface area (TPSA) is 153 Å². The maximum absolute atomic E-state index is 11.9. The van der Waals surface area contributed by atoms with Gasteiger partial charge in [-0.3, -0.25) is 0 Å². The van der Waals surface area contributed by atoms with Gasteiger partial charge in [0.05, 0.1) is 20.3 Å². The fourth-order valence-electron chi connectivity index (χ4n) is 3.52. The average molecular weight is 858 g/mol. The van der Waals surface area contributed by atoms with E-state index in [4.69, 9.17) is 14.2 Å². The quantitative estimate of drug-likeness (QED) is 0.158. The minimum absolute atomic E-state index is 0. The molecule has 0 aliphatic heterocycles. The van der Waals surface area contributed by atoms with Crippen molar-refractivity contribution < 1.29 is 74.2 Å². The first-order valence-corrected chi connectivity index (χ1v) is 14.8. The van der Waals surface area contributed by atoms with Crippen molar-refractivity contribution in [2.24, 2.45) is 0 Å². The molecule has 0 unspecified atom stereocenters. The number of ether oxygens (including phenoxy) is 3. The van der Waals surface area contributed by atoms with Crippen LogP contribution in [-0.4, -0.2) is 39.8 Å². The Bertz CT molecular complexity index is 1530. The van der Waals surface area contributed by atoms with E-state index in [2.05, 4.69) is 63.7 Å². The van der Waals surface area contributed by atoms with E-state index in [0.29, 0.717) is 37.3 Å². The molecule has 4 aromatic carbocycles. The number of benzene rings is 4. The molecule has 0 spiro atoms. The summed E-state index contributed by atoms with van der Waals surface area (Å²) in [7, 11) is 1.29.